The Balaban J connectivity index is 1.60. The number of amidine groups is 1. The van der Waals surface area contributed by atoms with Crippen LogP contribution < -0.4 is 14.8 Å². The van der Waals surface area contributed by atoms with Gasteiger partial charge in [0.1, 0.15) is 23.0 Å². The maximum absolute atomic E-state index is 12.0. The molecule has 0 fully saturated rings. The number of amides is 1. The lowest BCUT2D eigenvalue weighted by molar-refractivity contribution is -0.115. The predicted molar refractivity (Wildman–Crippen MR) is 93.1 cm³/mol. The quantitative estimate of drug-likeness (QED) is 0.832. The largest absolute Gasteiger partial charge is 0.497 e. The first kappa shape index (κ1) is 15.8. The van der Waals surface area contributed by atoms with Gasteiger partial charge in [-0.15, -0.1) is 0 Å². The van der Waals surface area contributed by atoms with Crippen LogP contribution in [0.5, 0.6) is 11.5 Å². The molecule has 1 aliphatic heterocycles. The Kier molecular flexibility index (Phi) is 4.91. The van der Waals surface area contributed by atoms with E-state index in [9.17, 15) is 4.79 Å². The van der Waals surface area contributed by atoms with E-state index in [4.69, 9.17) is 9.47 Å². The molecule has 24 heavy (non-hydrogen) atoms. The van der Waals surface area contributed by atoms with Gasteiger partial charge in [-0.1, -0.05) is 30.3 Å². The predicted octanol–water partition coefficient (Wildman–Crippen LogP) is 3.03. The van der Waals surface area contributed by atoms with E-state index in [-0.39, 0.29) is 5.91 Å². The number of carbonyl (C=O) groups excluding carboxylic acids is 1. The summed E-state index contributed by atoms with van der Waals surface area (Å²) in [6.07, 6.45) is 2.29. The third-order valence-corrected chi connectivity index (χ3v) is 3.52. The van der Waals surface area contributed by atoms with Gasteiger partial charge in [-0.05, 0) is 35.9 Å². The lowest BCUT2D eigenvalue weighted by Gasteiger charge is -2.05. The molecule has 122 valence electrons. The van der Waals surface area contributed by atoms with Gasteiger partial charge in [0.05, 0.1) is 13.7 Å². The van der Waals surface area contributed by atoms with E-state index in [1.54, 1.807) is 13.2 Å². The van der Waals surface area contributed by atoms with Crippen LogP contribution in [0, 0.1) is 0 Å². The Labute approximate surface area is 140 Å². The lowest BCUT2D eigenvalue weighted by atomic mass is 10.2. The van der Waals surface area contributed by atoms with Gasteiger partial charge in [0.15, 0.2) is 0 Å². The van der Waals surface area contributed by atoms with Crippen LogP contribution in [0.3, 0.4) is 0 Å². The van der Waals surface area contributed by atoms with Crippen molar-refractivity contribution in [3.8, 4) is 11.5 Å². The first-order valence-corrected chi connectivity index (χ1v) is 7.67. The van der Waals surface area contributed by atoms with Crippen molar-refractivity contribution >= 4 is 17.8 Å². The van der Waals surface area contributed by atoms with Crippen LogP contribution >= 0.6 is 0 Å². The number of methoxy groups -OCH3 is 1. The molecular formula is C19H18N2O3. The molecule has 1 heterocycles. The molecule has 1 N–H and O–H groups in total. The van der Waals surface area contributed by atoms with E-state index in [2.05, 4.69) is 10.3 Å². The summed E-state index contributed by atoms with van der Waals surface area (Å²) in [5.74, 6) is 2.00. The summed E-state index contributed by atoms with van der Waals surface area (Å²) < 4.78 is 10.7. The number of para-hydroxylation sites is 1. The summed E-state index contributed by atoms with van der Waals surface area (Å²) >= 11 is 0. The highest BCUT2D eigenvalue weighted by Gasteiger charge is 2.19. The SMILES string of the molecule is COc1ccc(/C=C2/N=C(CCOc3ccccc3)NC2=O)cc1. The molecule has 0 bridgehead atoms. The van der Waals surface area contributed by atoms with Gasteiger partial charge in [-0.3, -0.25) is 4.79 Å². The molecular weight excluding hydrogens is 304 g/mol. The zero-order chi connectivity index (χ0) is 16.8. The minimum atomic E-state index is -0.194. The van der Waals surface area contributed by atoms with Crippen LogP contribution in [-0.4, -0.2) is 25.5 Å². The average molecular weight is 322 g/mol. The highest BCUT2D eigenvalue weighted by molar-refractivity contribution is 6.14. The summed E-state index contributed by atoms with van der Waals surface area (Å²) in [6.45, 7) is 0.457. The number of ether oxygens (including phenoxy) is 2. The zero-order valence-corrected chi connectivity index (χ0v) is 13.4. The topological polar surface area (TPSA) is 59.9 Å². The van der Waals surface area contributed by atoms with Crippen molar-refractivity contribution in [3.05, 3.63) is 65.9 Å². The van der Waals surface area contributed by atoms with E-state index >= 15 is 0 Å². The summed E-state index contributed by atoms with van der Waals surface area (Å²) in [4.78, 5) is 16.3. The number of rotatable bonds is 6. The van der Waals surface area contributed by atoms with Gasteiger partial charge in [0.2, 0.25) is 0 Å². The number of nitrogens with zero attached hydrogens (tertiary/aromatic N) is 1. The fourth-order valence-electron chi connectivity index (χ4n) is 2.28. The minimum absolute atomic E-state index is 0.194. The lowest BCUT2D eigenvalue weighted by Crippen LogP contribution is -2.25. The molecule has 1 amide bonds. The molecule has 5 nitrogen and oxygen atoms in total. The molecule has 2 aromatic rings. The van der Waals surface area contributed by atoms with E-state index in [0.717, 1.165) is 17.1 Å². The fourth-order valence-corrected chi connectivity index (χ4v) is 2.28. The van der Waals surface area contributed by atoms with Gasteiger partial charge in [0, 0.05) is 6.42 Å². The van der Waals surface area contributed by atoms with E-state index in [0.29, 0.717) is 24.6 Å². The molecule has 0 atom stereocenters. The van der Waals surface area contributed by atoms with Gasteiger partial charge >= 0.3 is 0 Å². The monoisotopic (exact) mass is 322 g/mol. The molecule has 0 saturated heterocycles. The summed E-state index contributed by atoms with van der Waals surface area (Å²) in [6, 6.07) is 17.0. The molecule has 0 radical (unpaired) electrons. The number of hydrogen-bond donors (Lipinski definition) is 1. The van der Waals surface area contributed by atoms with Gasteiger partial charge in [0.25, 0.3) is 5.91 Å². The van der Waals surface area contributed by atoms with Crippen LogP contribution in [0.1, 0.15) is 12.0 Å². The molecule has 2 aromatic carbocycles. The van der Waals surface area contributed by atoms with Crippen molar-refractivity contribution in [1.29, 1.82) is 0 Å². The van der Waals surface area contributed by atoms with Crippen molar-refractivity contribution in [2.24, 2.45) is 4.99 Å². The highest BCUT2D eigenvalue weighted by Crippen LogP contribution is 2.17. The zero-order valence-electron chi connectivity index (χ0n) is 13.4. The van der Waals surface area contributed by atoms with Crippen molar-refractivity contribution in [2.75, 3.05) is 13.7 Å². The highest BCUT2D eigenvalue weighted by atomic mass is 16.5. The van der Waals surface area contributed by atoms with Gasteiger partial charge < -0.3 is 14.8 Å². The van der Waals surface area contributed by atoms with Gasteiger partial charge in [-0.2, -0.15) is 0 Å². The van der Waals surface area contributed by atoms with Crippen LogP contribution in [0.25, 0.3) is 6.08 Å². The third kappa shape index (κ3) is 4.01. The average Bonchev–Trinajstić information content (AvgIpc) is 2.96. The number of hydrogen-bond acceptors (Lipinski definition) is 4. The molecule has 0 aliphatic carbocycles. The summed E-state index contributed by atoms with van der Waals surface area (Å²) in [5, 5.41) is 2.77. The van der Waals surface area contributed by atoms with Crippen LogP contribution in [0.2, 0.25) is 0 Å². The molecule has 5 heteroatoms. The second kappa shape index (κ2) is 7.46. The van der Waals surface area contributed by atoms with Gasteiger partial charge in [-0.25, -0.2) is 4.99 Å². The molecule has 0 saturated carbocycles. The first-order chi connectivity index (χ1) is 11.7. The van der Waals surface area contributed by atoms with Crippen LogP contribution in [0.4, 0.5) is 0 Å². The normalized spacial score (nSPS) is 15.1. The minimum Gasteiger partial charge on any atom is -0.497 e. The van der Waals surface area contributed by atoms with Crippen molar-refractivity contribution in [3.63, 3.8) is 0 Å². The second-order valence-corrected chi connectivity index (χ2v) is 5.23. The van der Waals surface area contributed by atoms with E-state index in [1.807, 2.05) is 54.6 Å². The number of benzene rings is 2. The van der Waals surface area contributed by atoms with Crippen molar-refractivity contribution < 1.29 is 14.3 Å². The second-order valence-electron chi connectivity index (χ2n) is 5.23. The maximum atomic E-state index is 12.0. The third-order valence-electron chi connectivity index (χ3n) is 3.52. The molecule has 0 aromatic heterocycles. The fraction of sp³-hybridized carbons (Fsp3) is 0.158. The molecule has 0 unspecified atom stereocenters. The number of aliphatic imine (C=N–C) groups is 1. The van der Waals surface area contributed by atoms with Crippen LogP contribution in [-0.2, 0) is 4.79 Å². The number of nitrogens with one attached hydrogen (secondary N) is 1. The smallest absolute Gasteiger partial charge is 0.275 e. The number of carbonyl (C=O) groups is 1. The molecule has 3 rings (SSSR count). The van der Waals surface area contributed by atoms with Crippen molar-refractivity contribution in [2.45, 2.75) is 6.42 Å². The van der Waals surface area contributed by atoms with Crippen LogP contribution in [0.15, 0.2) is 65.3 Å². The Morgan fingerprint density at radius 1 is 1.04 bits per heavy atom. The van der Waals surface area contributed by atoms with E-state index in [1.165, 1.54) is 0 Å². The van der Waals surface area contributed by atoms with Crippen molar-refractivity contribution in [1.82, 2.24) is 5.32 Å². The standard InChI is InChI=1S/C19H18N2O3/c1-23-15-9-7-14(8-10-15)13-17-19(22)21-18(20-17)11-12-24-16-5-3-2-4-6-16/h2-10,13H,11-12H2,1H3,(H,20,21,22)/b17-13+. The first-order valence-electron chi connectivity index (χ1n) is 7.67. The summed E-state index contributed by atoms with van der Waals surface area (Å²) in [5.41, 5.74) is 1.29. The Bertz CT molecular complexity index is 765. The Hall–Kier alpha value is -3.08. The summed E-state index contributed by atoms with van der Waals surface area (Å²) in [7, 11) is 1.62. The van der Waals surface area contributed by atoms with E-state index < -0.39 is 0 Å². The molecule has 1 aliphatic rings. The Morgan fingerprint density at radius 2 is 1.79 bits per heavy atom. The Morgan fingerprint density at radius 3 is 2.50 bits per heavy atom. The molecule has 0 spiro atoms. The maximum Gasteiger partial charge on any atom is 0.275 e.